The van der Waals surface area contributed by atoms with Crippen LogP contribution in [0.15, 0.2) is 0 Å². The monoisotopic (exact) mass is 454 g/mol. The first-order valence-electron chi connectivity index (χ1n) is 13.7. The van der Waals surface area contributed by atoms with Crippen LogP contribution in [0.3, 0.4) is 0 Å². The van der Waals surface area contributed by atoms with E-state index in [4.69, 9.17) is 19.3 Å². The lowest BCUT2D eigenvalue weighted by atomic mass is 9.91. The molecule has 1 N–H and O–H groups in total. The minimum Gasteiger partial charge on any atom is -0.481 e. The molecule has 0 amide bonds. The van der Waals surface area contributed by atoms with E-state index < -0.39 is 11.9 Å². The minimum absolute atomic E-state index is 0.0637. The second kappa shape index (κ2) is 16.1. The molecule has 0 aromatic carbocycles. The maximum atomic E-state index is 10.4. The van der Waals surface area contributed by atoms with Gasteiger partial charge in [-0.05, 0) is 12.8 Å². The van der Waals surface area contributed by atoms with Gasteiger partial charge in [0.05, 0.1) is 19.8 Å². The van der Waals surface area contributed by atoms with Crippen molar-refractivity contribution in [2.45, 2.75) is 141 Å². The van der Waals surface area contributed by atoms with Crippen LogP contribution in [-0.4, -0.2) is 36.9 Å². The zero-order valence-electron chi connectivity index (χ0n) is 20.8. The molecule has 3 saturated heterocycles. The number of carboxylic acids is 1. The number of ether oxygens (including phenoxy) is 3. The molecular formula is C27H50O5. The molecule has 0 unspecified atom stereocenters. The lowest BCUT2D eigenvalue weighted by Gasteiger charge is -2.50. The molecule has 188 valence electrons. The number of rotatable bonds is 21. The van der Waals surface area contributed by atoms with Crippen molar-refractivity contribution in [3.05, 3.63) is 0 Å². The Morgan fingerprint density at radius 2 is 0.906 bits per heavy atom. The van der Waals surface area contributed by atoms with Crippen LogP contribution in [0.25, 0.3) is 0 Å². The fourth-order valence-corrected chi connectivity index (χ4v) is 4.77. The molecule has 3 heterocycles. The van der Waals surface area contributed by atoms with Crippen molar-refractivity contribution < 1.29 is 24.1 Å². The summed E-state index contributed by atoms with van der Waals surface area (Å²) >= 11 is 0. The lowest BCUT2D eigenvalue weighted by molar-refractivity contribution is -0.467. The van der Waals surface area contributed by atoms with Gasteiger partial charge in [0.2, 0.25) is 0 Å². The van der Waals surface area contributed by atoms with Gasteiger partial charge < -0.3 is 19.3 Å². The van der Waals surface area contributed by atoms with Gasteiger partial charge in [-0.15, -0.1) is 0 Å². The van der Waals surface area contributed by atoms with E-state index in [1.807, 2.05) is 0 Å². The summed E-state index contributed by atoms with van der Waals surface area (Å²) in [7, 11) is 0. The average molecular weight is 455 g/mol. The molecule has 32 heavy (non-hydrogen) atoms. The molecule has 0 aromatic rings. The second-order valence-corrected chi connectivity index (χ2v) is 10.6. The molecule has 3 aliphatic heterocycles. The van der Waals surface area contributed by atoms with Crippen LogP contribution in [0.2, 0.25) is 0 Å². The van der Waals surface area contributed by atoms with Gasteiger partial charge in [-0.25, -0.2) is 0 Å². The summed E-state index contributed by atoms with van der Waals surface area (Å²) in [5, 5.41) is 8.61. The average Bonchev–Trinajstić information content (AvgIpc) is 2.78. The SMILES string of the molecule is CC12COC(CCCCCCCCCCCCCCCCCCCCC(=O)O)(OC1)OC2. The molecule has 0 radical (unpaired) electrons. The van der Waals surface area contributed by atoms with Gasteiger partial charge in [-0.2, -0.15) is 0 Å². The Kier molecular flexibility index (Phi) is 13.8. The Balaban J connectivity index is 1.23. The van der Waals surface area contributed by atoms with E-state index in [1.165, 1.54) is 96.3 Å². The highest BCUT2D eigenvalue weighted by atomic mass is 16.9. The number of fused-ring (bicyclic) bond motifs is 3. The molecule has 0 spiro atoms. The molecule has 2 bridgehead atoms. The molecule has 3 rings (SSSR count). The van der Waals surface area contributed by atoms with Gasteiger partial charge in [0.25, 0.3) is 5.97 Å². The first kappa shape index (κ1) is 27.6. The highest BCUT2D eigenvalue weighted by molar-refractivity contribution is 5.66. The topological polar surface area (TPSA) is 65.0 Å². The number of hydrogen-bond donors (Lipinski definition) is 1. The van der Waals surface area contributed by atoms with E-state index in [0.717, 1.165) is 45.5 Å². The van der Waals surface area contributed by atoms with Crippen LogP contribution >= 0.6 is 0 Å². The van der Waals surface area contributed by atoms with E-state index in [1.54, 1.807) is 0 Å². The van der Waals surface area contributed by atoms with Crippen LogP contribution < -0.4 is 0 Å². The summed E-state index contributed by atoms with van der Waals surface area (Å²) in [6.07, 6.45) is 24.4. The van der Waals surface area contributed by atoms with E-state index in [0.29, 0.717) is 6.42 Å². The van der Waals surface area contributed by atoms with Crippen molar-refractivity contribution in [3.8, 4) is 0 Å². The summed E-state index contributed by atoms with van der Waals surface area (Å²) in [5.74, 6) is -1.38. The van der Waals surface area contributed by atoms with Crippen molar-refractivity contribution in [2.75, 3.05) is 19.8 Å². The molecule has 5 nitrogen and oxygen atoms in total. The van der Waals surface area contributed by atoms with E-state index in [2.05, 4.69) is 6.92 Å². The van der Waals surface area contributed by atoms with Crippen LogP contribution in [0.1, 0.15) is 135 Å². The summed E-state index contributed by atoms with van der Waals surface area (Å²) in [6.45, 7) is 4.47. The normalized spacial score (nSPS) is 24.8. The van der Waals surface area contributed by atoms with Crippen molar-refractivity contribution in [1.82, 2.24) is 0 Å². The number of unbranched alkanes of at least 4 members (excludes halogenated alkanes) is 17. The van der Waals surface area contributed by atoms with Gasteiger partial charge in [-0.1, -0.05) is 110 Å². The number of hydrogen-bond acceptors (Lipinski definition) is 4. The molecule has 3 fully saturated rings. The Morgan fingerprint density at radius 1 is 0.594 bits per heavy atom. The second-order valence-electron chi connectivity index (χ2n) is 10.6. The first-order chi connectivity index (χ1) is 15.5. The van der Waals surface area contributed by atoms with Crippen molar-refractivity contribution in [1.29, 1.82) is 0 Å². The van der Waals surface area contributed by atoms with E-state index in [-0.39, 0.29) is 5.41 Å². The van der Waals surface area contributed by atoms with Gasteiger partial charge in [-0.3, -0.25) is 4.79 Å². The fraction of sp³-hybridized carbons (Fsp3) is 0.963. The number of carboxylic acid groups (broad SMARTS) is 1. The van der Waals surface area contributed by atoms with Gasteiger partial charge >= 0.3 is 5.97 Å². The Labute approximate surface area is 197 Å². The first-order valence-corrected chi connectivity index (χ1v) is 13.7. The largest absolute Gasteiger partial charge is 0.481 e. The third-order valence-electron chi connectivity index (χ3n) is 7.05. The Bertz CT molecular complexity index is 468. The molecular weight excluding hydrogens is 404 g/mol. The summed E-state index contributed by atoms with van der Waals surface area (Å²) in [4.78, 5) is 10.4. The molecule has 3 aliphatic rings. The minimum atomic E-state index is -0.721. The predicted octanol–water partition coefficient (Wildman–Crippen LogP) is 7.61. The maximum absolute atomic E-state index is 10.4. The summed E-state index contributed by atoms with van der Waals surface area (Å²) < 4.78 is 17.6. The highest BCUT2D eigenvalue weighted by Crippen LogP contribution is 2.40. The number of aliphatic carboxylic acids is 1. The van der Waals surface area contributed by atoms with E-state index in [9.17, 15) is 4.79 Å². The van der Waals surface area contributed by atoms with Gasteiger partial charge in [0.1, 0.15) is 0 Å². The molecule has 0 atom stereocenters. The third kappa shape index (κ3) is 12.0. The molecule has 0 aliphatic carbocycles. The van der Waals surface area contributed by atoms with Crippen LogP contribution in [0, 0.1) is 5.41 Å². The maximum Gasteiger partial charge on any atom is 0.303 e. The van der Waals surface area contributed by atoms with Crippen molar-refractivity contribution >= 4 is 5.97 Å². The van der Waals surface area contributed by atoms with Crippen LogP contribution in [-0.2, 0) is 19.0 Å². The summed E-state index contributed by atoms with van der Waals surface area (Å²) in [6, 6.07) is 0. The zero-order chi connectivity index (χ0) is 23.0. The van der Waals surface area contributed by atoms with Crippen LogP contribution in [0.5, 0.6) is 0 Å². The van der Waals surface area contributed by atoms with Crippen molar-refractivity contribution in [3.63, 3.8) is 0 Å². The van der Waals surface area contributed by atoms with Gasteiger partial charge in [0, 0.05) is 18.3 Å². The Morgan fingerprint density at radius 3 is 1.25 bits per heavy atom. The third-order valence-corrected chi connectivity index (χ3v) is 7.05. The predicted molar refractivity (Wildman–Crippen MR) is 129 cm³/mol. The highest BCUT2D eigenvalue weighted by Gasteiger charge is 2.49. The standard InChI is InChI=1S/C27H50O5/c1-26-22-30-27(31-23-26,32-24-26)21-19-17-15-13-11-9-7-5-3-2-4-6-8-10-12-14-16-18-20-25(28)29/h2-24H2,1H3,(H,28,29). The number of carbonyl (C=O) groups is 1. The molecule has 0 aromatic heterocycles. The van der Waals surface area contributed by atoms with E-state index >= 15 is 0 Å². The lowest BCUT2D eigenvalue weighted by Crippen LogP contribution is -2.58. The molecule has 0 saturated carbocycles. The van der Waals surface area contributed by atoms with Gasteiger partial charge in [0.15, 0.2) is 0 Å². The van der Waals surface area contributed by atoms with Crippen molar-refractivity contribution in [2.24, 2.45) is 5.41 Å². The van der Waals surface area contributed by atoms with Crippen LogP contribution in [0.4, 0.5) is 0 Å². The quantitative estimate of drug-likeness (QED) is 0.181. The smallest absolute Gasteiger partial charge is 0.303 e. The Hall–Kier alpha value is -0.650. The zero-order valence-corrected chi connectivity index (χ0v) is 20.8. The summed E-state index contributed by atoms with van der Waals surface area (Å²) in [5.41, 5.74) is 0.0637. The molecule has 5 heteroatoms. The fourth-order valence-electron chi connectivity index (χ4n) is 4.77.